The topological polar surface area (TPSA) is 24.1 Å². The molecule has 0 aliphatic heterocycles. The maximum atomic E-state index is 3.47. The van der Waals surface area contributed by atoms with E-state index in [1.165, 1.54) is 24.2 Å². The van der Waals surface area contributed by atoms with Crippen molar-refractivity contribution in [2.75, 3.05) is 17.7 Å². The summed E-state index contributed by atoms with van der Waals surface area (Å²) in [5.74, 6) is 0. The molecule has 0 amide bonds. The molecule has 1 aromatic carbocycles. The van der Waals surface area contributed by atoms with E-state index in [4.69, 9.17) is 0 Å². The van der Waals surface area contributed by atoms with E-state index in [9.17, 15) is 0 Å². The molecule has 2 N–H and O–H groups in total. The zero-order valence-corrected chi connectivity index (χ0v) is 7.30. The van der Waals surface area contributed by atoms with Gasteiger partial charge in [0, 0.05) is 13.1 Å². The third-order valence-corrected chi connectivity index (χ3v) is 2.13. The molecule has 0 radical (unpaired) electrons. The number of para-hydroxylation sites is 2. The first-order valence-electron chi connectivity index (χ1n) is 4.43. The molecule has 1 fully saturated rings. The monoisotopic (exact) mass is 162 g/mol. The Morgan fingerprint density at radius 1 is 1.17 bits per heavy atom. The maximum Gasteiger partial charge on any atom is 0.0578 e. The van der Waals surface area contributed by atoms with Crippen molar-refractivity contribution >= 4 is 11.4 Å². The number of anilines is 2. The highest BCUT2D eigenvalue weighted by atomic mass is 15.0. The summed E-state index contributed by atoms with van der Waals surface area (Å²) >= 11 is 0. The summed E-state index contributed by atoms with van der Waals surface area (Å²) < 4.78 is 0. The van der Waals surface area contributed by atoms with Crippen molar-refractivity contribution < 1.29 is 0 Å². The second-order valence-electron chi connectivity index (χ2n) is 3.21. The Morgan fingerprint density at radius 3 is 2.42 bits per heavy atom. The average molecular weight is 162 g/mol. The van der Waals surface area contributed by atoms with Gasteiger partial charge in [-0.15, -0.1) is 0 Å². The molecule has 1 aromatic rings. The molecule has 0 spiro atoms. The van der Waals surface area contributed by atoms with Gasteiger partial charge in [-0.25, -0.2) is 0 Å². The Labute approximate surface area is 73.0 Å². The summed E-state index contributed by atoms with van der Waals surface area (Å²) in [7, 11) is 1.95. The zero-order chi connectivity index (χ0) is 8.39. The summed E-state index contributed by atoms with van der Waals surface area (Å²) in [6, 6.07) is 9.03. The molecule has 0 heterocycles. The lowest BCUT2D eigenvalue weighted by atomic mass is 10.2. The molecule has 0 saturated heterocycles. The van der Waals surface area contributed by atoms with Gasteiger partial charge in [0.25, 0.3) is 0 Å². The highest BCUT2D eigenvalue weighted by Crippen LogP contribution is 2.28. The van der Waals surface area contributed by atoms with Gasteiger partial charge >= 0.3 is 0 Å². The largest absolute Gasteiger partial charge is 0.386 e. The van der Waals surface area contributed by atoms with Gasteiger partial charge in [-0.2, -0.15) is 0 Å². The fourth-order valence-corrected chi connectivity index (χ4v) is 1.27. The van der Waals surface area contributed by atoms with E-state index in [2.05, 4.69) is 28.8 Å². The van der Waals surface area contributed by atoms with Crippen LogP contribution in [0, 0.1) is 0 Å². The van der Waals surface area contributed by atoms with Crippen LogP contribution in [0.1, 0.15) is 12.8 Å². The number of hydrogen-bond acceptors (Lipinski definition) is 2. The molecular formula is C10H14N2. The molecule has 0 aromatic heterocycles. The molecule has 64 valence electrons. The van der Waals surface area contributed by atoms with Crippen molar-refractivity contribution in [1.82, 2.24) is 0 Å². The van der Waals surface area contributed by atoms with Crippen LogP contribution in [0.4, 0.5) is 11.4 Å². The molecule has 1 aliphatic carbocycles. The lowest BCUT2D eigenvalue weighted by Gasteiger charge is -2.09. The summed E-state index contributed by atoms with van der Waals surface area (Å²) in [6.07, 6.45) is 2.64. The molecule has 0 bridgehead atoms. The highest BCUT2D eigenvalue weighted by molar-refractivity contribution is 5.68. The minimum absolute atomic E-state index is 0.722. The van der Waals surface area contributed by atoms with E-state index in [1.807, 2.05) is 13.1 Å². The summed E-state index contributed by atoms with van der Waals surface area (Å²) in [5.41, 5.74) is 2.41. The predicted octanol–water partition coefficient (Wildman–Crippen LogP) is 2.30. The van der Waals surface area contributed by atoms with Gasteiger partial charge in [-0.05, 0) is 25.0 Å². The van der Waals surface area contributed by atoms with Gasteiger partial charge in [0.05, 0.1) is 11.4 Å². The molecule has 0 unspecified atom stereocenters. The number of benzene rings is 1. The van der Waals surface area contributed by atoms with Gasteiger partial charge in [0.2, 0.25) is 0 Å². The fourth-order valence-electron chi connectivity index (χ4n) is 1.27. The van der Waals surface area contributed by atoms with Crippen LogP contribution < -0.4 is 10.6 Å². The van der Waals surface area contributed by atoms with Gasteiger partial charge in [0.1, 0.15) is 0 Å². The third-order valence-electron chi connectivity index (χ3n) is 2.13. The Morgan fingerprint density at radius 2 is 1.83 bits per heavy atom. The smallest absolute Gasteiger partial charge is 0.0578 e. The number of nitrogens with one attached hydrogen (secondary N) is 2. The molecule has 2 heteroatoms. The van der Waals surface area contributed by atoms with Gasteiger partial charge in [0.15, 0.2) is 0 Å². The molecule has 12 heavy (non-hydrogen) atoms. The summed E-state index contributed by atoms with van der Waals surface area (Å²) in [6.45, 7) is 0. The van der Waals surface area contributed by atoms with E-state index in [0.29, 0.717) is 0 Å². The predicted molar refractivity (Wildman–Crippen MR) is 52.6 cm³/mol. The van der Waals surface area contributed by atoms with Crippen LogP contribution in [-0.2, 0) is 0 Å². The van der Waals surface area contributed by atoms with Crippen LogP contribution in [0.25, 0.3) is 0 Å². The lowest BCUT2D eigenvalue weighted by molar-refractivity contribution is 1.15. The second-order valence-corrected chi connectivity index (χ2v) is 3.21. The second kappa shape index (κ2) is 3.05. The quantitative estimate of drug-likeness (QED) is 0.712. The van der Waals surface area contributed by atoms with E-state index < -0.39 is 0 Å². The normalized spacial score (nSPS) is 15.8. The van der Waals surface area contributed by atoms with Crippen LogP contribution in [0.15, 0.2) is 24.3 Å². The lowest BCUT2D eigenvalue weighted by Crippen LogP contribution is -2.03. The first kappa shape index (κ1) is 7.47. The molecule has 1 aliphatic rings. The Kier molecular flexibility index (Phi) is 1.90. The first-order valence-corrected chi connectivity index (χ1v) is 4.43. The first-order chi connectivity index (χ1) is 5.90. The van der Waals surface area contributed by atoms with Crippen molar-refractivity contribution in [3.63, 3.8) is 0 Å². The van der Waals surface area contributed by atoms with E-state index in [1.54, 1.807) is 0 Å². The van der Waals surface area contributed by atoms with Crippen LogP contribution >= 0.6 is 0 Å². The summed E-state index contributed by atoms with van der Waals surface area (Å²) in [4.78, 5) is 0. The van der Waals surface area contributed by atoms with E-state index >= 15 is 0 Å². The van der Waals surface area contributed by atoms with Crippen molar-refractivity contribution in [2.45, 2.75) is 18.9 Å². The average Bonchev–Trinajstić information content (AvgIpc) is 2.89. The Balaban J connectivity index is 2.15. The minimum Gasteiger partial charge on any atom is -0.386 e. The van der Waals surface area contributed by atoms with Crippen LogP contribution in [0.5, 0.6) is 0 Å². The Bertz CT molecular complexity index is 266. The zero-order valence-electron chi connectivity index (χ0n) is 7.30. The van der Waals surface area contributed by atoms with Crippen molar-refractivity contribution in [3.05, 3.63) is 24.3 Å². The number of rotatable bonds is 3. The van der Waals surface area contributed by atoms with Gasteiger partial charge in [-0.1, -0.05) is 12.1 Å². The molecular weight excluding hydrogens is 148 g/mol. The van der Waals surface area contributed by atoms with Crippen molar-refractivity contribution in [3.8, 4) is 0 Å². The van der Waals surface area contributed by atoms with E-state index in [-0.39, 0.29) is 0 Å². The van der Waals surface area contributed by atoms with E-state index in [0.717, 1.165) is 6.04 Å². The third kappa shape index (κ3) is 1.52. The maximum absolute atomic E-state index is 3.47. The summed E-state index contributed by atoms with van der Waals surface area (Å²) in [5, 5.41) is 6.64. The van der Waals surface area contributed by atoms with Gasteiger partial charge < -0.3 is 10.6 Å². The van der Waals surface area contributed by atoms with Crippen LogP contribution in [0.3, 0.4) is 0 Å². The Hall–Kier alpha value is -1.18. The highest BCUT2D eigenvalue weighted by Gasteiger charge is 2.21. The van der Waals surface area contributed by atoms with Crippen LogP contribution in [0.2, 0.25) is 0 Å². The SMILES string of the molecule is CNc1ccccc1NC1CC1. The van der Waals surface area contributed by atoms with Crippen molar-refractivity contribution in [1.29, 1.82) is 0 Å². The molecule has 0 atom stereocenters. The molecule has 2 rings (SSSR count). The van der Waals surface area contributed by atoms with Crippen LogP contribution in [-0.4, -0.2) is 13.1 Å². The minimum atomic E-state index is 0.722. The molecule has 2 nitrogen and oxygen atoms in total. The fraction of sp³-hybridized carbons (Fsp3) is 0.400. The number of hydrogen-bond donors (Lipinski definition) is 2. The van der Waals surface area contributed by atoms with Crippen molar-refractivity contribution in [2.24, 2.45) is 0 Å². The molecule has 1 saturated carbocycles. The van der Waals surface area contributed by atoms with Gasteiger partial charge in [-0.3, -0.25) is 0 Å². The standard InChI is InChI=1S/C10H14N2/c1-11-9-4-2-3-5-10(9)12-8-6-7-8/h2-5,8,11-12H,6-7H2,1H3.